The first-order valence-corrected chi connectivity index (χ1v) is 5.95. The molecule has 0 radical (unpaired) electrons. The predicted molar refractivity (Wildman–Crippen MR) is 56.8 cm³/mol. The van der Waals surface area contributed by atoms with Gasteiger partial charge < -0.3 is 0 Å². The average molecular weight is 249 g/mol. The van der Waals surface area contributed by atoms with E-state index in [2.05, 4.69) is 0 Å². The molecule has 0 heterocycles. The van der Waals surface area contributed by atoms with Crippen molar-refractivity contribution in [3.05, 3.63) is 0 Å². The topological polar surface area (TPSA) is 0 Å². The molecule has 0 aromatic carbocycles. The summed E-state index contributed by atoms with van der Waals surface area (Å²) in [7, 11) is 0. The molecule has 86 valence electrons. The summed E-state index contributed by atoms with van der Waals surface area (Å²) < 4.78 is 35.5. The number of halogens is 4. The maximum absolute atomic E-state index is 11.8. The summed E-state index contributed by atoms with van der Waals surface area (Å²) in [6, 6.07) is 0. The summed E-state index contributed by atoms with van der Waals surface area (Å²) in [5.41, 5.74) is -4.14. The third kappa shape index (κ3) is 6.82. The molecule has 0 aromatic rings. The van der Waals surface area contributed by atoms with Gasteiger partial charge in [-0.1, -0.05) is 32.5 Å². The molecule has 0 aliphatic carbocycles. The second-order valence-corrected chi connectivity index (χ2v) is 5.77. The van der Waals surface area contributed by atoms with Gasteiger partial charge in [0.25, 0.3) is 0 Å². The molecule has 1 unspecified atom stereocenters. The molecule has 0 amide bonds. The Morgan fingerprint density at radius 2 is 1.71 bits per heavy atom. The van der Waals surface area contributed by atoms with Gasteiger partial charge in [0.15, 0.2) is 0 Å². The van der Waals surface area contributed by atoms with E-state index in [1.165, 1.54) is 0 Å². The van der Waals surface area contributed by atoms with Gasteiger partial charge in [-0.05, 0) is 17.8 Å². The third-order valence-electron chi connectivity index (χ3n) is 2.14. The summed E-state index contributed by atoms with van der Waals surface area (Å²) in [4.78, 5) is 0. The van der Waals surface area contributed by atoms with Crippen LogP contribution in [0.3, 0.4) is 0 Å². The second kappa shape index (κ2) is 5.50. The summed E-state index contributed by atoms with van der Waals surface area (Å²) in [6.45, 7) is 5.99. The molecule has 0 bridgehead atoms. The van der Waals surface area contributed by atoms with Crippen LogP contribution in [-0.2, 0) is 0 Å². The Morgan fingerprint density at radius 1 is 1.21 bits per heavy atom. The molecule has 0 saturated carbocycles. The maximum Gasteiger partial charge on any atom is 0.441 e. The van der Waals surface area contributed by atoms with Crippen LogP contribution < -0.4 is 0 Å². The SMILES string of the molecule is CC(C)(C)C(CCl)CCSC(F)(F)F. The van der Waals surface area contributed by atoms with Crippen LogP contribution in [0, 0.1) is 11.3 Å². The zero-order valence-electron chi connectivity index (χ0n) is 8.62. The standard InChI is InChI=1S/C9H16ClF3S/c1-8(2,3)7(6-10)4-5-14-9(11,12)13/h7H,4-6H2,1-3H3. The van der Waals surface area contributed by atoms with Crippen molar-refractivity contribution < 1.29 is 13.2 Å². The Labute approximate surface area is 92.6 Å². The molecule has 0 aromatic heterocycles. The highest BCUT2D eigenvalue weighted by Crippen LogP contribution is 2.35. The Hall–Kier alpha value is 0.430. The molecule has 14 heavy (non-hydrogen) atoms. The molecule has 0 saturated heterocycles. The first kappa shape index (κ1) is 14.4. The molecule has 0 nitrogen and oxygen atoms in total. The maximum atomic E-state index is 11.8. The smallest absolute Gasteiger partial charge is 0.160 e. The number of rotatable bonds is 4. The van der Waals surface area contributed by atoms with Crippen molar-refractivity contribution >= 4 is 23.4 Å². The van der Waals surface area contributed by atoms with Crippen molar-refractivity contribution in [3.63, 3.8) is 0 Å². The minimum Gasteiger partial charge on any atom is -0.160 e. The molecule has 0 aliphatic heterocycles. The van der Waals surface area contributed by atoms with Gasteiger partial charge in [0.05, 0.1) is 0 Å². The van der Waals surface area contributed by atoms with Crippen LogP contribution in [0.2, 0.25) is 0 Å². The first-order valence-electron chi connectivity index (χ1n) is 4.43. The molecule has 5 heteroatoms. The monoisotopic (exact) mass is 248 g/mol. The highest BCUT2D eigenvalue weighted by atomic mass is 35.5. The number of hydrogen-bond donors (Lipinski definition) is 0. The highest BCUT2D eigenvalue weighted by Gasteiger charge is 2.30. The van der Waals surface area contributed by atoms with Gasteiger partial charge in [-0.15, -0.1) is 11.6 Å². The van der Waals surface area contributed by atoms with E-state index >= 15 is 0 Å². The van der Waals surface area contributed by atoms with Gasteiger partial charge in [0, 0.05) is 11.6 Å². The van der Waals surface area contributed by atoms with Gasteiger partial charge in [-0.3, -0.25) is 0 Å². The second-order valence-electron chi connectivity index (χ2n) is 4.30. The Bertz CT molecular complexity index is 162. The molecule has 1 atom stereocenters. The van der Waals surface area contributed by atoms with E-state index in [0.717, 1.165) is 0 Å². The Balaban J connectivity index is 3.87. The number of alkyl halides is 4. The van der Waals surface area contributed by atoms with Crippen LogP contribution in [-0.4, -0.2) is 17.1 Å². The van der Waals surface area contributed by atoms with Gasteiger partial charge in [-0.25, -0.2) is 0 Å². The molecule has 0 aliphatic rings. The third-order valence-corrected chi connectivity index (χ3v) is 3.28. The van der Waals surface area contributed by atoms with Gasteiger partial charge >= 0.3 is 5.51 Å². The van der Waals surface area contributed by atoms with Crippen molar-refractivity contribution in [2.45, 2.75) is 32.7 Å². The quantitative estimate of drug-likeness (QED) is 0.659. The molecular formula is C9H16ClF3S. The zero-order chi connectivity index (χ0) is 11.4. The largest absolute Gasteiger partial charge is 0.441 e. The molecular weight excluding hydrogens is 233 g/mol. The van der Waals surface area contributed by atoms with E-state index < -0.39 is 5.51 Å². The summed E-state index contributed by atoms with van der Waals surface area (Å²) in [5.74, 6) is 0.652. The Kier molecular flexibility index (Phi) is 5.67. The number of thioether (sulfide) groups is 1. The lowest BCUT2D eigenvalue weighted by molar-refractivity contribution is -0.0328. The fraction of sp³-hybridized carbons (Fsp3) is 1.00. The van der Waals surface area contributed by atoms with Crippen molar-refractivity contribution in [3.8, 4) is 0 Å². The molecule has 0 fully saturated rings. The van der Waals surface area contributed by atoms with E-state index in [9.17, 15) is 13.2 Å². The first-order chi connectivity index (χ1) is 6.17. The van der Waals surface area contributed by atoms with Crippen molar-refractivity contribution in [1.29, 1.82) is 0 Å². The fourth-order valence-electron chi connectivity index (χ4n) is 1.06. The van der Waals surface area contributed by atoms with Crippen LogP contribution in [0.25, 0.3) is 0 Å². The summed E-state index contributed by atoms with van der Waals surface area (Å²) in [6.07, 6.45) is 0.511. The van der Waals surface area contributed by atoms with Crippen LogP contribution in [0.1, 0.15) is 27.2 Å². The van der Waals surface area contributed by atoms with E-state index in [4.69, 9.17) is 11.6 Å². The van der Waals surface area contributed by atoms with E-state index in [1.807, 2.05) is 20.8 Å². The zero-order valence-corrected chi connectivity index (χ0v) is 10.2. The summed E-state index contributed by atoms with van der Waals surface area (Å²) >= 11 is 5.75. The van der Waals surface area contributed by atoms with Gasteiger partial charge in [0.1, 0.15) is 0 Å². The van der Waals surface area contributed by atoms with E-state index in [0.29, 0.717) is 12.3 Å². The molecule has 0 rings (SSSR count). The molecule has 0 spiro atoms. The van der Waals surface area contributed by atoms with Crippen LogP contribution in [0.5, 0.6) is 0 Å². The highest BCUT2D eigenvalue weighted by molar-refractivity contribution is 8.00. The minimum atomic E-state index is -4.12. The van der Waals surface area contributed by atoms with E-state index in [1.54, 1.807) is 0 Å². The van der Waals surface area contributed by atoms with Crippen LogP contribution >= 0.6 is 23.4 Å². The van der Waals surface area contributed by atoms with Gasteiger partial charge in [0.2, 0.25) is 0 Å². The lowest BCUT2D eigenvalue weighted by atomic mass is 9.80. The van der Waals surface area contributed by atoms with Crippen molar-refractivity contribution in [2.75, 3.05) is 11.6 Å². The lowest BCUT2D eigenvalue weighted by Gasteiger charge is -2.28. The van der Waals surface area contributed by atoms with E-state index in [-0.39, 0.29) is 28.8 Å². The van der Waals surface area contributed by atoms with Crippen molar-refractivity contribution in [2.24, 2.45) is 11.3 Å². The van der Waals surface area contributed by atoms with Crippen LogP contribution in [0.15, 0.2) is 0 Å². The predicted octanol–water partition coefficient (Wildman–Crippen LogP) is 4.53. The Morgan fingerprint density at radius 3 is 2.00 bits per heavy atom. The normalized spacial score (nSPS) is 15.6. The minimum absolute atomic E-state index is 0.0199. The molecule has 0 N–H and O–H groups in total. The lowest BCUT2D eigenvalue weighted by Crippen LogP contribution is -2.23. The average Bonchev–Trinajstić information content (AvgIpc) is 1.93. The summed E-state index contributed by atoms with van der Waals surface area (Å²) in [5, 5.41) is 0. The van der Waals surface area contributed by atoms with Crippen molar-refractivity contribution in [1.82, 2.24) is 0 Å². The fourth-order valence-corrected chi connectivity index (χ4v) is 2.31. The number of hydrogen-bond acceptors (Lipinski definition) is 1. The van der Waals surface area contributed by atoms with Crippen LogP contribution in [0.4, 0.5) is 13.2 Å². The van der Waals surface area contributed by atoms with Gasteiger partial charge in [-0.2, -0.15) is 13.2 Å².